The maximum Gasteiger partial charge on any atom is 0.316 e. The second-order valence-corrected chi connectivity index (χ2v) is 7.21. The largest absolute Gasteiger partial charge is 0.464 e. The highest BCUT2D eigenvalue weighted by atomic mass is 16.5. The Balaban J connectivity index is 2.10. The first kappa shape index (κ1) is 19.7. The van der Waals surface area contributed by atoms with Crippen molar-refractivity contribution in [2.24, 2.45) is 5.92 Å². The fraction of sp³-hybridized carbons (Fsp3) is 0.591. The smallest absolute Gasteiger partial charge is 0.316 e. The molecule has 3 nitrogen and oxygen atoms in total. The van der Waals surface area contributed by atoms with Crippen LogP contribution in [0.4, 0.5) is 0 Å². The molecule has 1 aromatic rings. The third-order valence-corrected chi connectivity index (χ3v) is 5.61. The van der Waals surface area contributed by atoms with Gasteiger partial charge in [0.25, 0.3) is 0 Å². The molecule has 1 saturated carbocycles. The Labute approximate surface area is 152 Å². The molecule has 1 aliphatic rings. The minimum Gasteiger partial charge on any atom is -0.464 e. The van der Waals surface area contributed by atoms with E-state index in [1.165, 1.54) is 12.0 Å². The van der Waals surface area contributed by atoms with Gasteiger partial charge in [0, 0.05) is 5.92 Å². The van der Waals surface area contributed by atoms with Gasteiger partial charge in [-0.1, -0.05) is 68.7 Å². The van der Waals surface area contributed by atoms with Crippen molar-refractivity contribution in [3.05, 3.63) is 48.0 Å². The Kier molecular flexibility index (Phi) is 7.70. The Hall–Kier alpha value is -1.61. The van der Waals surface area contributed by atoms with Crippen LogP contribution in [0.2, 0.25) is 0 Å². The van der Waals surface area contributed by atoms with Gasteiger partial charge in [0.05, 0.1) is 12.0 Å². The van der Waals surface area contributed by atoms with Gasteiger partial charge in [-0.2, -0.15) is 0 Å². The maximum atomic E-state index is 13.1. The van der Waals surface area contributed by atoms with Crippen LogP contribution in [0.3, 0.4) is 0 Å². The van der Waals surface area contributed by atoms with Crippen molar-refractivity contribution in [2.75, 3.05) is 20.2 Å². The summed E-state index contributed by atoms with van der Waals surface area (Å²) in [6.45, 7) is 7.64. The average Bonchev–Trinajstić information content (AvgIpc) is 2.68. The van der Waals surface area contributed by atoms with E-state index in [1.807, 2.05) is 25.2 Å². The van der Waals surface area contributed by atoms with Crippen LogP contribution in [-0.2, 0) is 14.9 Å². The Morgan fingerprint density at radius 2 is 1.92 bits per heavy atom. The van der Waals surface area contributed by atoms with Gasteiger partial charge in [0.2, 0.25) is 0 Å². The van der Waals surface area contributed by atoms with E-state index in [0.29, 0.717) is 6.61 Å². The number of carbonyl (C=O) groups excluding carboxylic acids is 1. The zero-order chi connectivity index (χ0) is 18.1. The molecular formula is C22H33NO2. The van der Waals surface area contributed by atoms with Crippen LogP contribution >= 0.6 is 0 Å². The quantitative estimate of drug-likeness (QED) is 0.525. The minimum absolute atomic E-state index is 0.0447. The molecule has 138 valence electrons. The monoisotopic (exact) mass is 343 g/mol. The standard InChI is InChI=1S/C22H33NO2/c1-4-18(2)19(13-16-23-3)17-25-21(24)22(14-9-6-10-15-22)20-11-7-5-8-12-20/h5,7-8,11-12,19,23H,2,4,6,9-10,13-17H2,1,3H3. The van der Waals surface area contributed by atoms with E-state index in [2.05, 4.69) is 31.0 Å². The van der Waals surface area contributed by atoms with Gasteiger partial charge in [-0.15, -0.1) is 0 Å². The van der Waals surface area contributed by atoms with Gasteiger partial charge < -0.3 is 10.1 Å². The molecule has 1 unspecified atom stereocenters. The first-order chi connectivity index (χ1) is 12.1. The molecule has 0 heterocycles. The van der Waals surface area contributed by atoms with Crippen LogP contribution < -0.4 is 5.32 Å². The second-order valence-electron chi connectivity index (χ2n) is 7.21. The molecule has 1 fully saturated rings. The van der Waals surface area contributed by atoms with E-state index in [4.69, 9.17) is 4.74 Å². The summed E-state index contributed by atoms with van der Waals surface area (Å²) >= 11 is 0. The molecule has 1 aromatic carbocycles. The summed E-state index contributed by atoms with van der Waals surface area (Å²) in [5, 5.41) is 3.18. The summed E-state index contributed by atoms with van der Waals surface area (Å²) in [5.41, 5.74) is 1.82. The molecule has 2 rings (SSSR count). The fourth-order valence-electron chi connectivity index (χ4n) is 3.85. The normalized spacial score (nSPS) is 17.7. The molecule has 1 atom stereocenters. The van der Waals surface area contributed by atoms with Crippen LogP contribution in [0.25, 0.3) is 0 Å². The molecule has 0 amide bonds. The zero-order valence-corrected chi connectivity index (χ0v) is 15.9. The predicted octanol–water partition coefficient (Wildman–Crippen LogP) is 4.62. The molecule has 0 aliphatic heterocycles. The van der Waals surface area contributed by atoms with Crippen molar-refractivity contribution in [2.45, 2.75) is 57.3 Å². The Morgan fingerprint density at radius 1 is 1.24 bits per heavy atom. The molecule has 1 aliphatic carbocycles. The van der Waals surface area contributed by atoms with Gasteiger partial charge in [-0.3, -0.25) is 4.79 Å². The minimum atomic E-state index is -0.458. The molecule has 25 heavy (non-hydrogen) atoms. The van der Waals surface area contributed by atoms with E-state index in [-0.39, 0.29) is 11.9 Å². The van der Waals surface area contributed by atoms with Crippen LogP contribution in [0.1, 0.15) is 57.4 Å². The number of benzene rings is 1. The molecule has 0 spiro atoms. The van der Waals surface area contributed by atoms with Gasteiger partial charge in [-0.05, 0) is 44.8 Å². The third kappa shape index (κ3) is 4.94. The first-order valence-electron chi connectivity index (χ1n) is 9.69. The van der Waals surface area contributed by atoms with Crippen molar-refractivity contribution < 1.29 is 9.53 Å². The number of nitrogens with one attached hydrogen (secondary N) is 1. The third-order valence-electron chi connectivity index (χ3n) is 5.61. The number of esters is 1. The van der Waals surface area contributed by atoms with E-state index < -0.39 is 5.41 Å². The lowest BCUT2D eigenvalue weighted by atomic mass is 9.69. The van der Waals surface area contributed by atoms with Gasteiger partial charge in [0.15, 0.2) is 0 Å². The summed E-state index contributed by atoms with van der Waals surface area (Å²) in [5.74, 6) is 0.189. The highest BCUT2D eigenvalue weighted by molar-refractivity contribution is 5.83. The van der Waals surface area contributed by atoms with Crippen LogP contribution in [0.15, 0.2) is 42.5 Å². The van der Waals surface area contributed by atoms with Crippen molar-refractivity contribution in [1.29, 1.82) is 0 Å². The van der Waals surface area contributed by atoms with Crippen LogP contribution in [0, 0.1) is 5.92 Å². The lowest BCUT2D eigenvalue weighted by molar-refractivity contribution is -0.153. The highest BCUT2D eigenvalue weighted by Crippen LogP contribution is 2.40. The number of carbonyl (C=O) groups is 1. The molecular weight excluding hydrogens is 310 g/mol. The number of hydrogen-bond donors (Lipinski definition) is 1. The molecule has 1 N–H and O–H groups in total. The topological polar surface area (TPSA) is 38.3 Å². The molecule has 0 saturated heterocycles. The van der Waals surface area contributed by atoms with Crippen LogP contribution in [-0.4, -0.2) is 26.2 Å². The Bertz CT molecular complexity index is 546. The molecule has 0 radical (unpaired) electrons. The van der Waals surface area contributed by atoms with Crippen molar-refractivity contribution in [3.8, 4) is 0 Å². The number of rotatable bonds is 9. The zero-order valence-electron chi connectivity index (χ0n) is 15.9. The van der Waals surface area contributed by atoms with Gasteiger partial charge in [0.1, 0.15) is 0 Å². The fourth-order valence-corrected chi connectivity index (χ4v) is 3.85. The lowest BCUT2D eigenvalue weighted by Gasteiger charge is -2.36. The maximum absolute atomic E-state index is 13.1. The van der Waals surface area contributed by atoms with E-state index in [0.717, 1.165) is 50.6 Å². The summed E-state index contributed by atoms with van der Waals surface area (Å²) in [6.07, 6.45) is 7.06. The highest BCUT2D eigenvalue weighted by Gasteiger charge is 2.42. The van der Waals surface area contributed by atoms with Crippen molar-refractivity contribution >= 4 is 5.97 Å². The lowest BCUT2D eigenvalue weighted by Crippen LogP contribution is -2.40. The van der Waals surface area contributed by atoms with Crippen molar-refractivity contribution in [1.82, 2.24) is 5.32 Å². The Morgan fingerprint density at radius 3 is 2.52 bits per heavy atom. The van der Waals surface area contributed by atoms with Crippen molar-refractivity contribution in [3.63, 3.8) is 0 Å². The second kappa shape index (κ2) is 9.76. The molecule has 0 aromatic heterocycles. The summed E-state index contributed by atoms with van der Waals surface area (Å²) in [7, 11) is 1.95. The van der Waals surface area contributed by atoms with E-state index in [1.54, 1.807) is 0 Å². The summed E-state index contributed by atoms with van der Waals surface area (Å²) in [4.78, 5) is 13.1. The van der Waals surface area contributed by atoms with E-state index in [9.17, 15) is 4.79 Å². The number of hydrogen-bond acceptors (Lipinski definition) is 3. The molecule has 3 heteroatoms. The SMILES string of the molecule is C=C(CC)C(CCNC)COC(=O)C1(c2ccccc2)CCCCC1. The number of ether oxygens (including phenoxy) is 1. The van der Waals surface area contributed by atoms with Gasteiger partial charge >= 0.3 is 5.97 Å². The average molecular weight is 344 g/mol. The van der Waals surface area contributed by atoms with Crippen LogP contribution in [0.5, 0.6) is 0 Å². The van der Waals surface area contributed by atoms with E-state index >= 15 is 0 Å². The summed E-state index contributed by atoms with van der Waals surface area (Å²) < 4.78 is 5.89. The first-order valence-corrected chi connectivity index (χ1v) is 9.69. The summed E-state index contributed by atoms with van der Waals surface area (Å²) in [6, 6.07) is 10.2. The molecule has 0 bridgehead atoms. The van der Waals surface area contributed by atoms with Gasteiger partial charge in [-0.25, -0.2) is 0 Å². The predicted molar refractivity (Wildman–Crippen MR) is 104 cm³/mol.